The van der Waals surface area contributed by atoms with Crippen LogP contribution in [-0.2, 0) is 5.41 Å². The standard InChI is InChI=1S/C25H18N2O/c26-15-9-11-18-17-5-1-2-6-19(17)25(22(18)13-15)20-7-3-4-8-23(20)28-24-14-16(27)10-12-21(24)25/h1-14H,26-27H2. The van der Waals surface area contributed by atoms with Crippen molar-refractivity contribution in [1.29, 1.82) is 0 Å². The molecule has 0 aromatic heterocycles. The summed E-state index contributed by atoms with van der Waals surface area (Å²) in [6, 6.07) is 29.0. The van der Waals surface area contributed by atoms with E-state index in [0.29, 0.717) is 5.69 Å². The van der Waals surface area contributed by atoms with E-state index in [1.54, 1.807) is 0 Å². The van der Waals surface area contributed by atoms with Gasteiger partial charge >= 0.3 is 0 Å². The summed E-state index contributed by atoms with van der Waals surface area (Å²) in [6.07, 6.45) is 0. The fourth-order valence-electron chi connectivity index (χ4n) is 4.94. The number of hydrogen-bond acceptors (Lipinski definition) is 3. The summed E-state index contributed by atoms with van der Waals surface area (Å²) in [4.78, 5) is 0. The zero-order valence-corrected chi connectivity index (χ0v) is 15.1. The number of anilines is 2. The van der Waals surface area contributed by atoms with Gasteiger partial charge in [-0.25, -0.2) is 0 Å². The highest BCUT2D eigenvalue weighted by molar-refractivity contribution is 5.89. The third-order valence-corrected chi connectivity index (χ3v) is 5.99. The van der Waals surface area contributed by atoms with Gasteiger partial charge in [-0.05, 0) is 46.5 Å². The van der Waals surface area contributed by atoms with Crippen molar-refractivity contribution < 1.29 is 4.74 Å². The molecule has 1 aliphatic carbocycles. The van der Waals surface area contributed by atoms with Gasteiger partial charge in [0.05, 0.1) is 5.41 Å². The summed E-state index contributed by atoms with van der Waals surface area (Å²) in [5.41, 5.74) is 20.4. The van der Waals surface area contributed by atoms with Gasteiger partial charge in [0.25, 0.3) is 0 Å². The van der Waals surface area contributed by atoms with Crippen LogP contribution in [0.15, 0.2) is 84.9 Å². The largest absolute Gasteiger partial charge is 0.457 e. The SMILES string of the molecule is Nc1ccc2c(c1)Oc1ccccc1C21c2ccccc2-c2ccc(N)cc21. The summed E-state index contributed by atoms with van der Waals surface area (Å²) >= 11 is 0. The van der Waals surface area contributed by atoms with E-state index in [1.807, 2.05) is 30.3 Å². The van der Waals surface area contributed by atoms with E-state index in [4.69, 9.17) is 16.2 Å². The highest BCUT2D eigenvalue weighted by atomic mass is 16.5. The molecule has 0 bridgehead atoms. The lowest BCUT2D eigenvalue weighted by atomic mass is 9.66. The van der Waals surface area contributed by atoms with E-state index < -0.39 is 5.41 Å². The molecule has 0 saturated heterocycles. The smallest absolute Gasteiger partial charge is 0.134 e. The average molecular weight is 362 g/mol. The minimum Gasteiger partial charge on any atom is -0.457 e. The minimum absolute atomic E-state index is 0.473. The van der Waals surface area contributed by atoms with E-state index in [1.165, 1.54) is 22.3 Å². The van der Waals surface area contributed by atoms with Gasteiger partial charge in [0, 0.05) is 28.6 Å². The van der Waals surface area contributed by atoms with Crippen LogP contribution in [0.1, 0.15) is 22.3 Å². The van der Waals surface area contributed by atoms with Crippen molar-refractivity contribution in [2.24, 2.45) is 0 Å². The first-order valence-electron chi connectivity index (χ1n) is 9.37. The molecule has 0 saturated carbocycles. The maximum Gasteiger partial charge on any atom is 0.134 e. The van der Waals surface area contributed by atoms with Crippen LogP contribution >= 0.6 is 0 Å². The van der Waals surface area contributed by atoms with Gasteiger partial charge in [-0.3, -0.25) is 0 Å². The molecule has 3 nitrogen and oxygen atoms in total. The van der Waals surface area contributed by atoms with E-state index in [0.717, 1.165) is 28.3 Å². The third-order valence-electron chi connectivity index (χ3n) is 5.99. The molecule has 6 rings (SSSR count). The van der Waals surface area contributed by atoms with Crippen LogP contribution in [0.5, 0.6) is 11.5 Å². The molecule has 4 N–H and O–H groups in total. The fraction of sp³-hybridized carbons (Fsp3) is 0.0400. The normalized spacial score (nSPS) is 18.0. The molecule has 1 unspecified atom stereocenters. The Labute approximate surface area is 163 Å². The van der Waals surface area contributed by atoms with Crippen molar-refractivity contribution in [2.75, 3.05) is 11.5 Å². The van der Waals surface area contributed by atoms with Crippen molar-refractivity contribution in [3.8, 4) is 22.6 Å². The van der Waals surface area contributed by atoms with Crippen molar-refractivity contribution in [2.45, 2.75) is 5.41 Å². The van der Waals surface area contributed by atoms with E-state index in [2.05, 4.69) is 54.6 Å². The third kappa shape index (κ3) is 1.73. The summed E-state index contributed by atoms with van der Waals surface area (Å²) in [7, 11) is 0. The Hall–Kier alpha value is -3.72. The quantitative estimate of drug-likeness (QED) is 0.360. The maximum atomic E-state index is 6.29. The van der Waals surface area contributed by atoms with Crippen LogP contribution in [0.2, 0.25) is 0 Å². The second kappa shape index (κ2) is 5.17. The molecule has 1 heterocycles. The lowest BCUT2D eigenvalue weighted by Crippen LogP contribution is -2.32. The molecule has 0 amide bonds. The van der Waals surface area contributed by atoms with Crippen LogP contribution in [0.25, 0.3) is 11.1 Å². The van der Waals surface area contributed by atoms with E-state index >= 15 is 0 Å². The number of para-hydroxylation sites is 1. The lowest BCUT2D eigenvalue weighted by Gasteiger charge is -2.39. The summed E-state index contributed by atoms with van der Waals surface area (Å²) in [5.74, 6) is 1.65. The van der Waals surface area contributed by atoms with Gasteiger partial charge in [0.2, 0.25) is 0 Å². The Morgan fingerprint density at radius 2 is 1.18 bits per heavy atom. The Morgan fingerprint density at radius 3 is 2.07 bits per heavy atom. The van der Waals surface area contributed by atoms with Crippen LogP contribution < -0.4 is 16.2 Å². The second-order valence-electron chi connectivity index (χ2n) is 7.45. The highest BCUT2D eigenvalue weighted by Crippen LogP contribution is 2.62. The molecule has 0 fully saturated rings. The first-order chi connectivity index (χ1) is 13.7. The molecule has 1 spiro atoms. The molecule has 28 heavy (non-hydrogen) atoms. The van der Waals surface area contributed by atoms with Gasteiger partial charge in [-0.2, -0.15) is 0 Å². The molecule has 4 aromatic rings. The predicted octanol–water partition coefficient (Wildman–Crippen LogP) is 5.32. The number of rotatable bonds is 0. The van der Waals surface area contributed by atoms with Gasteiger partial charge in [-0.1, -0.05) is 54.6 Å². The van der Waals surface area contributed by atoms with Crippen molar-refractivity contribution >= 4 is 11.4 Å². The first kappa shape index (κ1) is 15.3. The van der Waals surface area contributed by atoms with Crippen molar-refractivity contribution in [1.82, 2.24) is 0 Å². The predicted molar refractivity (Wildman–Crippen MR) is 113 cm³/mol. The van der Waals surface area contributed by atoms with Crippen LogP contribution in [0.3, 0.4) is 0 Å². The molecule has 3 heteroatoms. The number of ether oxygens (including phenoxy) is 1. The summed E-state index contributed by atoms with van der Waals surface area (Å²) in [5, 5.41) is 0. The van der Waals surface area contributed by atoms with Crippen LogP contribution in [0.4, 0.5) is 11.4 Å². The minimum atomic E-state index is -0.473. The Morgan fingerprint density at radius 1 is 0.536 bits per heavy atom. The Bertz CT molecular complexity index is 1280. The zero-order chi connectivity index (χ0) is 18.9. The number of nitrogen functional groups attached to an aromatic ring is 2. The van der Waals surface area contributed by atoms with Crippen LogP contribution in [-0.4, -0.2) is 0 Å². The zero-order valence-electron chi connectivity index (χ0n) is 15.1. The molecule has 134 valence electrons. The van der Waals surface area contributed by atoms with E-state index in [9.17, 15) is 0 Å². The second-order valence-corrected chi connectivity index (χ2v) is 7.45. The fourth-order valence-corrected chi connectivity index (χ4v) is 4.94. The molecular weight excluding hydrogens is 344 g/mol. The maximum absolute atomic E-state index is 6.29. The molecule has 0 radical (unpaired) electrons. The Kier molecular flexibility index (Phi) is 2.83. The average Bonchev–Trinajstić information content (AvgIpc) is 2.99. The molecule has 1 aliphatic heterocycles. The molecular formula is C25H18N2O. The summed E-state index contributed by atoms with van der Waals surface area (Å²) < 4.78 is 6.29. The highest BCUT2D eigenvalue weighted by Gasteiger charge is 2.50. The monoisotopic (exact) mass is 362 g/mol. The molecule has 2 aliphatic rings. The number of hydrogen-bond donors (Lipinski definition) is 2. The lowest BCUT2D eigenvalue weighted by molar-refractivity contribution is 0.436. The first-order valence-corrected chi connectivity index (χ1v) is 9.37. The van der Waals surface area contributed by atoms with Gasteiger partial charge < -0.3 is 16.2 Å². The van der Waals surface area contributed by atoms with Gasteiger partial charge in [0.15, 0.2) is 0 Å². The molecule has 4 aromatic carbocycles. The topological polar surface area (TPSA) is 61.3 Å². The summed E-state index contributed by atoms with van der Waals surface area (Å²) in [6.45, 7) is 0. The van der Waals surface area contributed by atoms with Crippen LogP contribution in [0, 0.1) is 0 Å². The number of fused-ring (bicyclic) bond motifs is 9. The number of nitrogens with two attached hydrogens (primary N) is 2. The van der Waals surface area contributed by atoms with Gasteiger partial charge in [-0.15, -0.1) is 0 Å². The Balaban J connectivity index is 1.85. The van der Waals surface area contributed by atoms with Crippen molar-refractivity contribution in [3.05, 3.63) is 107 Å². The number of benzene rings is 4. The molecule has 1 atom stereocenters. The van der Waals surface area contributed by atoms with Gasteiger partial charge in [0.1, 0.15) is 11.5 Å². The van der Waals surface area contributed by atoms with Crippen molar-refractivity contribution in [3.63, 3.8) is 0 Å². The van der Waals surface area contributed by atoms with E-state index in [-0.39, 0.29) is 0 Å².